The van der Waals surface area contributed by atoms with Crippen molar-refractivity contribution in [3.05, 3.63) is 28.2 Å². The Labute approximate surface area is 187 Å². The quantitative estimate of drug-likeness (QED) is 0.608. The zero-order chi connectivity index (χ0) is 22.3. The summed E-state index contributed by atoms with van der Waals surface area (Å²) >= 11 is 11.8. The Morgan fingerprint density at radius 3 is 2.33 bits per heavy atom. The Morgan fingerprint density at radius 2 is 1.80 bits per heavy atom. The number of piperazine rings is 1. The van der Waals surface area contributed by atoms with Gasteiger partial charge >= 0.3 is 0 Å². The summed E-state index contributed by atoms with van der Waals surface area (Å²) in [6.45, 7) is 3.03. The predicted octanol–water partition coefficient (Wildman–Crippen LogP) is 1.33. The van der Waals surface area contributed by atoms with Gasteiger partial charge in [-0.15, -0.1) is 0 Å². The maximum atomic E-state index is 12.9. The SMILES string of the molecule is C[C@H](C(=O)N(C)[C@H]1CCS(=O)(=O)C1)N1CCN(S(=O)(=O)c2ccc(Cl)c(Cl)c2)CC1. The van der Waals surface area contributed by atoms with Gasteiger partial charge in [0.25, 0.3) is 0 Å². The highest BCUT2D eigenvalue weighted by molar-refractivity contribution is 7.91. The van der Waals surface area contributed by atoms with E-state index >= 15 is 0 Å². The first-order valence-corrected chi connectivity index (χ1v) is 13.6. The number of sulfone groups is 1. The fourth-order valence-electron chi connectivity index (χ4n) is 3.83. The van der Waals surface area contributed by atoms with E-state index in [0.717, 1.165) is 0 Å². The highest BCUT2D eigenvalue weighted by Gasteiger charge is 2.37. The topological polar surface area (TPSA) is 95.1 Å². The van der Waals surface area contributed by atoms with Crippen LogP contribution in [0.25, 0.3) is 0 Å². The van der Waals surface area contributed by atoms with Crippen molar-refractivity contribution >= 4 is 49.0 Å². The molecule has 1 aromatic rings. The summed E-state index contributed by atoms with van der Waals surface area (Å²) in [6, 6.07) is 3.44. The van der Waals surface area contributed by atoms with Gasteiger partial charge in [0.15, 0.2) is 9.84 Å². The number of halogens is 2. The minimum absolute atomic E-state index is 0.00235. The first-order valence-electron chi connectivity index (χ1n) is 9.59. The summed E-state index contributed by atoms with van der Waals surface area (Å²) in [6.07, 6.45) is 0.451. The van der Waals surface area contributed by atoms with Crippen LogP contribution in [0.2, 0.25) is 10.0 Å². The third-order valence-electron chi connectivity index (χ3n) is 5.81. The van der Waals surface area contributed by atoms with Crippen molar-refractivity contribution in [1.82, 2.24) is 14.1 Å². The van der Waals surface area contributed by atoms with Crippen LogP contribution in [-0.2, 0) is 24.7 Å². The zero-order valence-electron chi connectivity index (χ0n) is 16.8. The average molecular weight is 498 g/mol. The molecule has 2 saturated heterocycles. The summed E-state index contributed by atoms with van der Waals surface area (Å²) in [5, 5.41) is 0.458. The molecule has 0 spiro atoms. The van der Waals surface area contributed by atoms with Crippen molar-refractivity contribution < 1.29 is 21.6 Å². The second kappa shape index (κ2) is 8.91. The highest BCUT2D eigenvalue weighted by atomic mass is 35.5. The predicted molar refractivity (Wildman–Crippen MR) is 116 cm³/mol. The Balaban J connectivity index is 1.61. The smallest absolute Gasteiger partial charge is 0.243 e. The lowest BCUT2D eigenvalue weighted by Crippen LogP contribution is -2.56. The Kier molecular flexibility index (Phi) is 7.06. The molecule has 2 atom stereocenters. The van der Waals surface area contributed by atoms with E-state index < -0.39 is 25.9 Å². The lowest BCUT2D eigenvalue weighted by Gasteiger charge is -2.38. The van der Waals surface area contributed by atoms with Gasteiger partial charge < -0.3 is 4.90 Å². The average Bonchev–Trinajstić information content (AvgIpc) is 3.08. The monoisotopic (exact) mass is 497 g/mol. The Morgan fingerprint density at radius 1 is 1.17 bits per heavy atom. The normalized spacial score (nSPS) is 23.9. The van der Waals surface area contributed by atoms with Gasteiger partial charge in [0.2, 0.25) is 15.9 Å². The molecule has 2 aliphatic heterocycles. The van der Waals surface area contributed by atoms with E-state index in [9.17, 15) is 21.6 Å². The molecule has 2 aliphatic rings. The van der Waals surface area contributed by atoms with Crippen molar-refractivity contribution in [3.63, 3.8) is 0 Å². The maximum absolute atomic E-state index is 12.9. The molecule has 0 N–H and O–H groups in total. The number of carbonyl (C=O) groups is 1. The number of amides is 1. The summed E-state index contributed by atoms with van der Waals surface area (Å²) in [5.41, 5.74) is 0. The fourth-order valence-corrected chi connectivity index (χ4v) is 7.42. The summed E-state index contributed by atoms with van der Waals surface area (Å²) in [5.74, 6) is -0.0510. The summed E-state index contributed by atoms with van der Waals surface area (Å²) in [4.78, 5) is 16.4. The van der Waals surface area contributed by atoms with Crippen molar-refractivity contribution in [2.24, 2.45) is 0 Å². The van der Waals surface area contributed by atoms with Crippen LogP contribution in [0, 0.1) is 0 Å². The molecular formula is C18H25Cl2N3O5S2. The molecule has 1 aromatic carbocycles. The third-order valence-corrected chi connectivity index (χ3v) is 10.2. The molecule has 0 bridgehead atoms. The molecule has 0 saturated carbocycles. The molecule has 0 aliphatic carbocycles. The molecular weight excluding hydrogens is 473 g/mol. The van der Waals surface area contributed by atoms with Crippen LogP contribution in [0.5, 0.6) is 0 Å². The summed E-state index contributed by atoms with van der Waals surface area (Å²) in [7, 11) is -5.16. The standard InChI is InChI=1S/C18H25Cl2N3O5S2/c1-13(18(24)21(2)14-5-10-29(25,26)12-14)22-6-8-23(9-7-22)30(27,28)15-3-4-16(19)17(20)11-15/h3-4,11,13-14H,5-10,12H2,1-2H3/t13-,14+/m1/s1. The van der Waals surface area contributed by atoms with E-state index in [1.807, 2.05) is 4.90 Å². The molecule has 1 amide bonds. The fraction of sp³-hybridized carbons (Fsp3) is 0.611. The van der Waals surface area contributed by atoms with E-state index in [0.29, 0.717) is 19.5 Å². The number of carbonyl (C=O) groups excluding carboxylic acids is 1. The second-order valence-corrected chi connectivity index (χ2v) is 12.7. The van der Waals surface area contributed by atoms with E-state index in [2.05, 4.69) is 0 Å². The van der Waals surface area contributed by atoms with Crippen molar-refractivity contribution in [3.8, 4) is 0 Å². The molecule has 0 aromatic heterocycles. The number of rotatable bonds is 5. The van der Waals surface area contributed by atoms with Crippen LogP contribution >= 0.6 is 23.2 Å². The van der Waals surface area contributed by atoms with Crippen molar-refractivity contribution in [2.75, 3.05) is 44.7 Å². The van der Waals surface area contributed by atoms with Crippen LogP contribution < -0.4 is 0 Å². The molecule has 30 heavy (non-hydrogen) atoms. The van der Waals surface area contributed by atoms with E-state index in [-0.39, 0.29) is 51.5 Å². The van der Waals surface area contributed by atoms with Crippen LogP contribution in [0.15, 0.2) is 23.1 Å². The molecule has 2 fully saturated rings. The van der Waals surface area contributed by atoms with Gasteiger partial charge in [-0.1, -0.05) is 23.2 Å². The van der Waals surface area contributed by atoms with Gasteiger partial charge in [0.1, 0.15) is 0 Å². The first-order chi connectivity index (χ1) is 13.9. The van der Waals surface area contributed by atoms with Crippen LogP contribution in [0.3, 0.4) is 0 Å². The highest BCUT2D eigenvalue weighted by Crippen LogP contribution is 2.27. The largest absolute Gasteiger partial charge is 0.340 e. The first kappa shape index (κ1) is 23.7. The number of sulfonamides is 1. The van der Waals surface area contributed by atoms with Gasteiger partial charge in [0.05, 0.1) is 32.5 Å². The summed E-state index contributed by atoms with van der Waals surface area (Å²) < 4.78 is 50.5. The number of benzene rings is 1. The molecule has 8 nitrogen and oxygen atoms in total. The molecule has 0 unspecified atom stereocenters. The van der Waals surface area contributed by atoms with Gasteiger partial charge in [-0.05, 0) is 31.5 Å². The molecule has 2 heterocycles. The molecule has 3 rings (SSSR count). The van der Waals surface area contributed by atoms with Crippen LogP contribution in [0.1, 0.15) is 13.3 Å². The second-order valence-electron chi connectivity index (χ2n) is 7.70. The minimum Gasteiger partial charge on any atom is -0.340 e. The van der Waals surface area contributed by atoms with Gasteiger partial charge in [-0.25, -0.2) is 16.8 Å². The third kappa shape index (κ3) is 4.94. The lowest BCUT2D eigenvalue weighted by molar-refractivity contribution is -0.137. The van der Waals surface area contributed by atoms with Crippen LogP contribution in [-0.4, -0.2) is 93.7 Å². The maximum Gasteiger partial charge on any atom is 0.243 e. The Bertz CT molecular complexity index is 1020. The van der Waals surface area contributed by atoms with E-state index in [1.54, 1.807) is 14.0 Å². The van der Waals surface area contributed by atoms with Crippen LogP contribution in [0.4, 0.5) is 0 Å². The van der Waals surface area contributed by atoms with E-state index in [4.69, 9.17) is 23.2 Å². The van der Waals surface area contributed by atoms with Crippen molar-refractivity contribution in [1.29, 1.82) is 0 Å². The lowest BCUT2D eigenvalue weighted by atomic mass is 10.1. The van der Waals surface area contributed by atoms with E-state index in [1.165, 1.54) is 27.4 Å². The van der Waals surface area contributed by atoms with Gasteiger partial charge in [-0.2, -0.15) is 4.31 Å². The molecule has 12 heteroatoms. The number of nitrogens with zero attached hydrogens (tertiary/aromatic N) is 3. The minimum atomic E-state index is -3.71. The zero-order valence-corrected chi connectivity index (χ0v) is 19.9. The van der Waals surface area contributed by atoms with Gasteiger partial charge in [-0.3, -0.25) is 9.69 Å². The molecule has 168 valence electrons. The number of likely N-dealkylation sites (N-methyl/N-ethyl adjacent to an activating group) is 1. The van der Waals surface area contributed by atoms with Gasteiger partial charge in [0, 0.05) is 39.3 Å². The molecule has 0 radical (unpaired) electrons. The number of hydrogen-bond donors (Lipinski definition) is 0. The van der Waals surface area contributed by atoms with Crippen molar-refractivity contribution in [2.45, 2.75) is 30.3 Å². The Hall–Kier alpha value is -0.910. The number of hydrogen-bond acceptors (Lipinski definition) is 6.